The average Bonchev–Trinajstić information content (AvgIpc) is 2.75. The van der Waals surface area contributed by atoms with Gasteiger partial charge in [-0.25, -0.2) is 4.98 Å². The minimum absolute atomic E-state index is 0.324. The van der Waals surface area contributed by atoms with Gasteiger partial charge in [0.15, 0.2) is 0 Å². The first-order valence-corrected chi connectivity index (χ1v) is 6.33. The summed E-state index contributed by atoms with van der Waals surface area (Å²) >= 11 is 0. The molecule has 1 aliphatic carbocycles. The van der Waals surface area contributed by atoms with Crippen molar-refractivity contribution in [2.24, 2.45) is 0 Å². The molecule has 0 bridgehead atoms. The number of nitrogen functional groups attached to an aromatic ring is 1. The van der Waals surface area contributed by atoms with E-state index >= 15 is 0 Å². The molecule has 2 heterocycles. The van der Waals surface area contributed by atoms with E-state index in [4.69, 9.17) is 5.73 Å². The monoisotopic (exact) mass is 282 g/mol. The molecule has 7 heteroatoms. The van der Waals surface area contributed by atoms with Gasteiger partial charge in [-0.3, -0.25) is 4.68 Å². The van der Waals surface area contributed by atoms with Crippen LogP contribution < -0.4 is 5.73 Å². The number of nitrogens with zero attached hydrogens (tertiary/aromatic N) is 3. The Bertz CT molecular complexity index is 629. The molecule has 0 atom stereocenters. The fraction of sp³-hybridized carbons (Fsp3) is 0.385. The first-order chi connectivity index (χ1) is 9.45. The van der Waals surface area contributed by atoms with Gasteiger partial charge in [-0.1, -0.05) is 0 Å². The van der Waals surface area contributed by atoms with E-state index in [0.717, 1.165) is 18.9 Å². The zero-order valence-electron chi connectivity index (χ0n) is 10.6. The topological polar surface area (TPSA) is 56.7 Å². The van der Waals surface area contributed by atoms with Gasteiger partial charge >= 0.3 is 6.18 Å². The highest BCUT2D eigenvalue weighted by Crippen LogP contribution is 2.35. The van der Waals surface area contributed by atoms with E-state index in [0.29, 0.717) is 17.3 Å². The van der Waals surface area contributed by atoms with Crippen molar-refractivity contribution >= 4 is 5.82 Å². The molecular formula is C13H13F3N4. The maximum absolute atomic E-state index is 12.8. The average molecular weight is 282 g/mol. The fourth-order valence-corrected chi connectivity index (χ4v) is 2.19. The summed E-state index contributed by atoms with van der Waals surface area (Å²) in [6, 6.07) is 3.06. The van der Waals surface area contributed by atoms with E-state index in [-0.39, 0.29) is 0 Å². The normalized spacial score (nSPS) is 16.1. The third-order valence-corrected chi connectivity index (χ3v) is 3.58. The molecule has 20 heavy (non-hydrogen) atoms. The van der Waals surface area contributed by atoms with Gasteiger partial charge in [0.25, 0.3) is 0 Å². The van der Waals surface area contributed by atoms with Crippen LogP contribution in [0, 0.1) is 0 Å². The second-order valence-corrected chi connectivity index (χ2v) is 4.92. The lowest BCUT2D eigenvalue weighted by molar-refractivity contribution is -0.137. The minimum atomic E-state index is -4.51. The molecular weight excluding hydrogens is 269 g/mol. The highest BCUT2D eigenvalue weighted by Gasteiger charge is 2.34. The van der Waals surface area contributed by atoms with Gasteiger partial charge in [0.2, 0.25) is 0 Å². The largest absolute Gasteiger partial charge is 0.419 e. The van der Waals surface area contributed by atoms with Gasteiger partial charge in [0.05, 0.1) is 17.3 Å². The second-order valence-electron chi connectivity index (χ2n) is 4.92. The van der Waals surface area contributed by atoms with E-state index < -0.39 is 17.6 Å². The highest BCUT2D eigenvalue weighted by atomic mass is 19.4. The van der Waals surface area contributed by atoms with Gasteiger partial charge in [0.1, 0.15) is 5.82 Å². The van der Waals surface area contributed by atoms with Crippen LogP contribution in [0.3, 0.4) is 0 Å². The number of aromatic nitrogens is 3. The first kappa shape index (κ1) is 13.0. The molecule has 0 spiro atoms. The zero-order chi connectivity index (χ0) is 14.3. The molecule has 0 unspecified atom stereocenters. The van der Waals surface area contributed by atoms with E-state index in [1.165, 1.54) is 12.6 Å². The molecule has 3 rings (SSSR count). The molecule has 0 radical (unpaired) electrons. The molecule has 4 nitrogen and oxygen atoms in total. The molecule has 1 saturated carbocycles. The maximum Gasteiger partial charge on any atom is 0.419 e. The Morgan fingerprint density at radius 3 is 2.65 bits per heavy atom. The lowest BCUT2D eigenvalue weighted by Crippen LogP contribution is -2.17. The van der Waals surface area contributed by atoms with Crippen LogP contribution in [0.15, 0.2) is 24.5 Å². The molecule has 0 amide bonds. The number of alkyl halides is 3. The van der Waals surface area contributed by atoms with E-state index in [2.05, 4.69) is 10.1 Å². The number of rotatable bonds is 2. The Morgan fingerprint density at radius 1 is 1.30 bits per heavy atom. The van der Waals surface area contributed by atoms with Crippen LogP contribution in [0.1, 0.15) is 30.9 Å². The van der Waals surface area contributed by atoms with Crippen molar-refractivity contribution in [3.8, 4) is 11.3 Å². The highest BCUT2D eigenvalue weighted by molar-refractivity contribution is 5.61. The van der Waals surface area contributed by atoms with Crippen LogP contribution in [0.2, 0.25) is 0 Å². The standard InChI is InChI=1S/C13H13F3N4/c14-13(15,16)10-6-8(7-18-12(10)17)11-4-5-20(19-11)9-2-1-3-9/h4-7,9H,1-3H2,(H2,17,18). The minimum Gasteiger partial charge on any atom is -0.383 e. The number of nitrogens with two attached hydrogens (primary N) is 1. The SMILES string of the molecule is Nc1ncc(-c2ccn(C3CCC3)n2)cc1C(F)(F)F. The van der Waals surface area contributed by atoms with Gasteiger partial charge in [-0.2, -0.15) is 18.3 Å². The molecule has 2 aromatic rings. The van der Waals surface area contributed by atoms with Crippen molar-refractivity contribution in [2.45, 2.75) is 31.5 Å². The van der Waals surface area contributed by atoms with Gasteiger partial charge in [-0.15, -0.1) is 0 Å². The Labute approximate surface area is 113 Å². The predicted molar refractivity (Wildman–Crippen MR) is 67.8 cm³/mol. The van der Waals surface area contributed by atoms with E-state index in [1.54, 1.807) is 12.3 Å². The Kier molecular flexibility index (Phi) is 2.92. The number of hydrogen-bond donors (Lipinski definition) is 1. The van der Waals surface area contributed by atoms with E-state index in [1.807, 2.05) is 4.68 Å². The van der Waals surface area contributed by atoms with Crippen LogP contribution in [0.5, 0.6) is 0 Å². The van der Waals surface area contributed by atoms with Crippen LogP contribution >= 0.6 is 0 Å². The lowest BCUT2D eigenvalue weighted by Gasteiger charge is -2.25. The molecule has 0 aliphatic heterocycles. The Balaban J connectivity index is 1.95. The van der Waals surface area contributed by atoms with Crippen molar-refractivity contribution in [1.29, 1.82) is 0 Å². The van der Waals surface area contributed by atoms with Crippen molar-refractivity contribution in [1.82, 2.24) is 14.8 Å². The summed E-state index contributed by atoms with van der Waals surface area (Å²) in [5.74, 6) is -0.514. The fourth-order valence-electron chi connectivity index (χ4n) is 2.19. The first-order valence-electron chi connectivity index (χ1n) is 6.33. The number of anilines is 1. The summed E-state index contributed by atoms with van der Waals surface area (Å²) in [7, 11) is 0. The van der Waals surface area contributed by atoms with Crippen molar-refractivity contribution < 1.29 is 13.2 Å². The van der Waals surface area contributed by atoms with Crippen LogP contribution in [-0.4, -0.2) is 14.8 Å². The third kappa shape index (κ3) is 2.23. The summed E-state index contributed by atoms with van der Waals surface area (Å²) in [6.45, 7) is 0. The second kappa shape index (κ2) is 4.50. The molecule has 106 valence electrons. The van der Waals surface area contributed by atoms with Crippen molar-refractivity contribution in [3.05, 3.63) is 30.1 Å². The van der Waals surface area contributed by atoms with E-state index in [9.17, 15) is 13.2 Å². The van der Waals surface area contributed by atoms with Gasteiger partial charge in [-0.05, 0) is 31.4 Å². The predicted octanol–water partition coefficient (Wildman–Crippen LogP) is 3.27. The third-order valence-electron chi connectivity index (χ3n) is 3.58. The molecule has 1 aliphatic rings. The summed E-state index contributed by atoms with van der Waals surface area (Å²) in [4.78, 5) is 3.62. The van der Waals surface area contributed by atoms with Crippen molar-refractivity contribution in [2.75, 3.05) is 5.73 Å². The summed E-state index contributed by atoms with van der Waals surface area (Å²) in [5, 5.41) is 4.32. The Morgan fingerprint density at radius 2 is 2.05 bits per heavy atom. The molecule has 2 aromatic heterocycles. The summed E-state index contributed by atoms with van der Waals surface area (Å²) in [6.07, 6.45) is 1.90. The molecule has 1 fully saturated rings. The number of halogens is 3. The smallest absolute Gasteiger partial charge is 0.383 e. The summed E-state index contributed by atoms with van der Waals surface area (Å²) in [5.41, 5.74) is 5.16. The summed E-state index contributed by atoms with van der Waals surface area (Å²) < 4.78 is 40.2. The Hall–Kier alpha value is -2.05. The van der Waals surface area contributed by atoms with Crippen molar-refractivity contribution in [3.63, 3.8) is 0 Å². The van der Waals surface area contributed by atoms with Gasteiger partial charge < -0.3 is 5.73 Å². The molecule has 0 saturated heterocycles. The van der Waals surface area contributed by atoms with Crippen LogP contribution in [0.4, 0.5) is 19.0 Å². The number of pyridine rings is 1. The van der Waals surface area contributed by atoms with Crippen LogP contribution in [-0.2, 0) is 6.18 Å². The number of hydrogen-bond acceptors (Lipinski definition) is 3. The maximum atomic E-state index is 12.8. The lowest BCUT2D eigenvalue weighted by atomic mass is 9.93. The molecule has 0 aromatic carbocycles. The molecule has 2 N–H and O–H groups in total. The van der Waals surface area contributed by atoms with Gasteiger partial charge in [0, 0.05) is 18.0 Å². The van der Waals surface area contributed by atoms with Crippen LogP contribution in [0.25, 0.3) is 11.3 Å². The zero-order valence-corrected chi connectivity index (χ0v) is 10.6. The quantitative estimate of drug-likeness (QED) is 0.919.